The van der Waals surface area contributed by atoms with E-state index in [1.54, 1.807) is 0 Å². The first-order valence-electron chi connectivity index (χ1n) is 10.6. The highest BCUT2D eigenvalue weighted by Crippen LogP contribution is 2.41. The molecule has 2 heterocycles. The van der Waals surface area contributed by atoms with Crippen molar-refractivity contribution in [3.63, 3.8) is 0 Å². The largest absolute Gasteiger partial charge is 0.673 e. The molecule has 1 aliphatic heterocycles. The lowest BCUT2D eigenvalue weighted by molar-refractivity contribution is -0.657. The third-order valence-corrected chi connectivity index (χ3v) is 5.85. The summed E-state index contributed by atoms with van der Waals surface area (Å²) in [6.45, 7) is 0.556. The van der Waals surface area contributed by atoms with Crippen molar-refractivity contribution in [2.75, 3.05) is 0 Å². The Morgan fingerprint density at radius 1 is 0.879 bits per heavy atom. The Labute approximate surface area is 188 Å². The summed E-state index contributed by atoms with van der Waals surface area (Å²) in [5.41, 5.74) is 6.29. The van der Waals surface area contributed by atoms with E-state index < -0.39 is 7.25 Å². The molecule has 0 N–H and O–H groups in total. The topological polar surface area (TPSA) is 30.9 Å². The number of rotatable bonds is 2. The van der Waals surface area contributed by atoms with Gasteiger partial charge in [0.05, 0.1) is 0 Å². The summed E-state index contributed by atoms with van der Waals surface area (Å²) in [7, 11) is -6.00. The zero-order valence-electron chi connectivity index (χ0n) is 17.5. The van der Waals surface area contributed by atoms with Gasteiger partial charge in [0, 0.05) is 12.0 Å². The summed E-state index contributed by atoms with van der Waals surface area (Å²) in [6, 6.07) is 27.8. The molecule has 1 aromatic heterocycles. The Balaban J connectivity index is 0.000000416. The van der Waals surface area contributed by atoms with Crippen molar-refractivity contribution < 1.29 is 26.7 Å². The molecule has 3 aromatic carbocycles. The first kappa shape index (κ1) is 21.4. The molecule has 0 saturated heterocycles. The second kappa shape index (κ2) is 8.48. The normalized spacial score (nSPS) is 18.5. The number of hydrogen-bond acceptors (Lipinski definition) is 2. The highest BCUT2D eigenvalue weighted by molar-refractivity contribution is 6.50. The lowest BCUT2D eigenvalue weighted by Gasteiger charge is -2.23. The van der Waals surface area contributed by atoms with Crippen LogP contribution in [0, 0.1) is 0 Å². The summed E-state index contributed by atoms with van der Waals surface area (Å²) in [5.74, 6) is 0.975. The van der Waals surface area contributed by atoms with Gasteiger partial charge in [-0.3, -0.25) is 0 Å². The van der Waals surface area contributed by atoms with Crippen molar-refractivity contribution in [2.24, 2.45) is 0 Å². The van der Waals surface area contributed by atoms with Crippen LogP contribution in [0.15, 0.2) is 85.2 Å². The SMILES string of the molecule is F[B-](F)(F)F.c1ccc(-c2ccc3c(c2)[C@@H]2[C@@H](C3)OCc3n[n+](-c4ccccc4)cn32)cc1. The maximum Gasteiger partial charge on any atom is 0.673 e. The standard InChI is InChI=1S/C24H20N3O.BF4/c1-3-7-17(8-4-1)18-11-12-19-14-22-24(21(19)13-18)26-16-27(25-23(26)15-28-22)20-9-5-2-6-10-20;2-1(3,4)5/h1-13,16,22,24H,14-15H2;/q+1;-1/t22-,24-;/m1./s1. The average molecular weight is 453 g/mol. The maximum atomic E-state index is 9.75. The minimum atomic E-state index is -6.00. The molecule has 9 heteroatoms. The smallest absolute Gasteiger partial charge is 0.418 e. The van der Waals surface area contributed by atoms with Gasteiger partial charge in [-0.2, -0.15) is 0 Å². The van der Waals surface area contributed by atoms with Gasteiger partial charge in [-0.05, 0) is 40.0 Å². The molecule has 0 radical (unpaired) electrons. The van der Waals surface area contributed by atoms with Gasteiger partial charge in [0.25, 0.3) is 12.2 Å². The van der Waals surface area contributed by atoms with Crippen LogP contribution in [-0.4, -0.2) is 23.0 Å². The number of aromatic nitrogens is 3. The molecule has 33 heavy (non-hydrogen) atoms. The van der Waals surface area contributed by atoms with Gasteiger partial charge in [0.2, 0.25) is 0 Å². The van der Waals surface area contributed by atoms with E-state index in [1.165, 1.54) is 22.3 Å². The summed E-state index contributed by atoms with van der Waals surface area (Å²) in [4.78, 5) is 0. The molecule has 0 amide bonds. The molecule has 0 fully saturated rings. The van der Waals surface area contributed by atoms with E-state index in [4.69, 9.17) is 9.84 Å². The quantitative estimate of drug-likeness (QED) is 0.238. The summed E-state index contributed by atoms with van der Waals surface area (Å²) < 4.78 is 49.5. The van der Waals surface area contributed by atoms with E-state index >= 15 is 0 Å². The molecule has 6 rings (SSSR count). The predicted molar refractivity (Wildman–Crippen MR) is 116 cm³/mol. The van der Waals surface area contributed by atoms with Crippen molar-refractivity contribution in [2.45, 2.75) is 25.2 Å². The van der Waals surface area contributed by atoms with E-state index in [0.717, 1.165) is 17.9 Å². The third kappa shape index (κ3) is 4.54. The molecule has 1 aliphatic carbocycles. The van der Waals surface area contributed by atoms with Crippen LogP contribution < -0.4 is 4.68 Å². The second-order valence-corrected chi connectivity index (χ2v) is 7.99. The van der Waals surface area contributed by atoms with Crippen molar-refractivity contribution in [3.8, 4) is 16.8 Å². The highest BCUT2D eigenvalue weighted by atomic mass is 19.5. The third-order valence-electron chi connectivity index (χ3n) is 5.85. The molecule has 0 bridgehead atoms. The zero-order valence-corrected chi connectivity index (χ0v) is 17.5. The van der Waals surface area contributed by atoms with Gasteiger partial charge in [-0.1, -0.05) is 60.7 Å². The van der Waals surface area contributed by atoms with Crippen molar-refractivity contribution >= 4 is 7.25 Å². The number of fused-ring (bicyclic) bond motifs is 5. The fourth-order valence-electron chi connectivity index (χ4n) is 4.48. The van der Waals surface area contributed by atoms with Crippen LogP contribution in [0.1, 0.15) is 23.0 Å². The lowest BCUT2D eigenvalue weighted by atomic mass is 9.99. The molecule has 2 atom stereocenters. The molecular formula is C24H20BF4N3O. The van der Waals surface area contributed by atoms with Crippen LogP contribution in [0.5, 0.6) is 0 Å². The molecular weight excluding hydrogens is 433 g/mol. The Morgan fingerprint density at radius 2 is 1.55 bits per heavy atom. The lowest BCUT2D eigenvalue weighted by Crippen LogP contribution is -2.32. The minimum absolute atomic E-state index is 0.173. The van der Waals surface area contributed by atoms with E-state index in [0.29, 0.717) is 6.61 Å². The van der Waals surface area contributed by atoms with E-state index in [9.17, 15) is 17.3 Å². The summed E-state index contributed by atoms with van der Waals surface area (Å²) in [5, 5.41) is 4.79. The number of hydrogen-bond donors (Lipinski definition) is 0. The van der Waals surface area contributed by atoms with Crippen LogP contribution in [0.3, 0.4) is 0 Å². The van der Waals surface area contributed by atoms with Crippen LogP contribution >= 0.6 is 0 Å². The van der Waals surface area contributed by atoms with Gasteiger partial charge in [0.15, 0.2) is 11.7 Å². The number of halogens is 4. The Kier molecular flexibility index (Phi) is 5.50. The van der Waals surface area contributed by atoms with E-state index in [-0.39, 0.29) is 12.1 Å². The average Bonchev–Trinajstić information content (AvgIpc) is 3.40. The van der Waals surface area contributed by atoms with Gasteiger partial charge >= 0.3 is 7.25 Å². The number of ether oxygens (including phenoxy) is 1. The van der Waals surface area contributed by atoms with Crippen LogP contribution in [-0.2, 0) is 17.8 Å². The number of para-hydroxylation sites is 1. The molecule has 168 valence electrons. The van der Waals surface area contributed by atoms with E-state index in [1.807, 2.05) is 22.9 Å². The maximum absolute atomic E-state index is 9.75. The van der Waals surface area contributed by atoms with Crippen LogP contribution in [0.2, 0.25) is 0 Å². The molecule has 2 aliphatic rings. The van der Waals surface area contributed by atoms with Gasteiger partial charge in [-0.25, -0.2) is 4.57 Å². The zero-order chi connectivity index (χ0) is 23.0. The number of nitrogens with zero attached hydrogens (tertiary/aromatic N) is 3. The molecule has 0 spiro atoms. The van der Waals surface area contributed by atoms with Crippen molar-refractivity contribution in [1.82, 2.24) is 9.67 Å². The monoisotopic (exact) mass is 453 g/mol. The molecule has 4 nitrogen and oxygen atoms in total. The van der Waals surface area contributed by atoms with Crippen LogP contribution in [0.25, 0.3) is 16.8 Å². The Bertz CT molecular complexity index is 1260. The minimum Gasteiger partial charge on any atom is -0.418 e. The number of benzene rings is 3. The molecule has 0 unspecified atom stereocenters. The highest BCUT2D eigenvalue weighted by Gasteiger charge is 2.44. The van der Waals surface area contributed by atoms with Gasteiger partial charge in [-0.15, -0.1) is 4.68 Å². The summed E-state index contributed by atoms with van der Waals surface area (Å²) >= 11 is 0. The Morgan fingerprint density at radius 3 is 2.24 bits per heavy atom. The van der Waals surface area contributed by atoms with Crippen molar-refractivity contribution in [1.29, 1.82) is 0 Å². The fourth-order valence-corrected chi connectivity index (χ4v) is 4.48. The molecule has 4 aromatic rings. The summed E-state index contributed by atoms with van der Waals surface area (Å²) in [6.07, 6.45) is 3.25. The fraction of sp³-hybridized carbons (Fsp3) is 0.167. The van der Waals surface area contributed by atoms with Crippen molar-refractivity contribution in [3.05, 3.63) is 102 Å². The van der Waals surface area contributed by atoms with Gasteiger partial charge < -0.3 is 22.0 Å². The molecule has 0 saturated carbocycles. The first-order chi connectivity index (χ1) is 15.9. The first-order valence-corrected chi connectivity index (χ1v) is 10.6. The predicted octanol–water partition coefficient (Wildman–Crippen LogP) is 5.17. The van der Waals surface area contributed by atoms with E-state index in [2.05, 4.69) is 71.6 Å². The van der Waals surface area contributed by atoms with Crippen LogP contribution in [0.4, 0.5) is 17.3 Å². The second-order valence-electron chi connectivity index (χ2n) is 7.99. The van der Waals surface area contributed by atoms with Gasteiger partial charge in [0.1, 0.15) is 12.7 Å². The Hall–Kier alpha value is -3.46.